The van der Waals surface area contributed by atoms with Crippen LogP contribution in [0.4, 0.5) is 29.2 Å². The van der Waals surface area contributed by atoms with E-state index < -0.39 is 29.9 Å². The lowest BCUT2D eigenvalue weighted by Gasteiger charge is -2.42. The molecule has 1 saturated heterocycles. The van der Waals surface area contributed by atoms with Crippen molar-refractivity contribution in [2.75, 3.05) is 36.8 Å². The van der Waals surface area contributed by atoms with E-state index in [9.17, 15) is 23.1 Å². The molecule has 0 aromatic carbocycles. The zero-order valence-corrected chi connectivity index (χ0v) is 20.3. The number of aliphatic hydroxyl groups excluding tert-OH is 1. The molecule has 36 heavy (non-hydrogen) atoms. The van der Waals surface area contributed by atoms with Crippen molar-refractivity contribution in [3.05, 3.63) is 12.1 Å². The summed E-state index contributed by atoms with van der Waals surface area (Å²) < 4.78 is 54.7. The number of likely N-dealkylation sites (tertiary alicyclic amines) is 1. The minimum atomic E-state index is -4.16. The van der Waals surface area contributed by atoms with Crippen molar-refractivity contribution in [2.45, 2.75) is 69.7 Å². The number of anilines is 2. The summed E-state index contributed by atoms with van der Waals surface area (Å²) in [6.45, 7) is 1.30. The Kier molecular flexibility index (Phi) is 8.54. The Labute approximate surface area is 208 Å². The van der Waals surface area contributed by atoms with Crippen LogP contribution in [0, 0.1) is 29.5 Å². The van der Waals surface area contributed by atoms with Crippen molar-refractivity contribution in [2.24, 2.45) is 29.4 Å². The molecule has 2 aliphatic carbocycles. The predicted octanol–water partition coefficient (Wildman–Crippen LogP) is 3.15. The number of aromatic nitrogens is 2. The van der Waals surface area contributed by atoms with Crippen LogP contribution >= 0.6 is 0 Å². The number of nitrogens with two attached hydrogens (primary N) is 1. The first-order valence-corrected chi connectivity index (χ1v) is 12.9. The molecule has 4 rings (SSSR count). The number of rotatable bonds is 9. The van der Waals surface area contributed by atoms with Crippen LogP contribution in [0.5, 0.6) is 0 Å². The molecule has 2 saturated carbocycles. The van der Waals surface area contributed by atoms with Crippen LogP contribution in [0.1, 0.15) is 51.4 Å². The van der Waals surface area contributed by atoms with Gasteiger partial charge in [-0.15, -0.1) is 0 Å². The van der Waals surface area contributed by atoms with Crippen LogP contribution in [0.3, 0.4) is 0 Å². The highest BCUT2D eigenvalue weighted by atomic mass is 19.4. The lowest BCUT2D eigenvalue weighted by atomic mass is 9.69. The fourth-order valence-corrected chi connectivity index (χ4v) is 5.85. The van der Waals surface area contributed by atoms with Crippen molar-refractivity contribution >= 4 is 17.5 Å². The van der Waals surface area contributed by atoms with Gasteiger partial charge in [-0.25, -0.2) is 9.97 Å². The number of alkyl halides is 3. The van der Waals surface area contributed by atoms with Gasteiger partial charge in [0.25, 0.3) is 0 Å². The first-order chi connectivity index (χ1) is 17.1. The Morgan fingerprint density at radius 3 is 2.36 bits per heavy atom. The maximum atomic E-state index is 15.3. The zero-order chi connectivity index (χ0) is 25.9. The highest BCUT2D eigenvalue weighted by Gasteiger charge is 2.44. The summed E-state index contributed by atoms with van der Waals surface area (Å²) in [5.41, 5.74) is 5.22. The number of nitrogens with one attached hydrogen (secondary N) is 2. The maximum Gasteiger partial charge on any atom is 0.391 e. The summed E-state index contributed by atoms with van der Waals surface area (Å²) in [7, 11) is 0. The monoisotopic (exact) mass is 516 g/mol. The first kappa shape index (κ1) is 26.8. The van der Waals surface area contributed by atoms with E-state index in [4.69, 9.17) is 5.73 Å². The molecule has 3 atom stereocenters. The summed E-state index contributed by atoms with van der Waals surface area (Å²) >= 11 is 0. The van der Waals surface area contributed by atoms with Gasteiger partial charge in [-0.3, -0.25) is 9.69 Å². The number of hydrogen-bond acceptors (Lipinski definition) is 7. The van der Waals surface area contributed by atoms with E-state index >= 15 is 4.39 Å². The smallest absolute Gasteiger partial charge is 0.391 e. The minimum absolute atomic E-state index is 0.0207. The Morgan fingerprint density at radius 1 is 1.11 bits per heavy atom. The van der Waals surface area contributed by atoms with Gasteiger partial charge in [0.1, 0.15) is 6.33 Å². The lowest BCUT2D eigenvalue weighted by molar-refractivity contribution is -0.184. The molecule has 1 amide bonds. The normalized spacial score (nSPS) is 28.8. The second-order valence-electron chi connectivity index (χ2n) is 10.6. The zero-order valence-electron chi connectivity index (χ0n) is 20.3. The quantitative estimate of drug-likeness (QED) is 0.373. The number of primary amides is 1. The fraction of sp³-hybridized carbons (Fsp3) is 0.792. The average molecular weight is 517 g/mol. The lowest BCUT2D eigenvalue weighted by Crippen LogP contribution is -2.48. The minimum Gasteiger partial charge on any atom is -0.391 e. The van der Waals surface area contributed by atoms with Crippen LogP contribution in [-0.2, 0) is 4.79 Å². The summed E-state index contributed by atoms with van der Waals surface area (Å²) in [4.78, 5) is 21.0. The molecule has 1 aromatic rings. The number of nitrogens with zero attached hydrogens (tertiary/aromatic N) is 3. The van der Waals surface area contributed by atoms with Gasteiger partial charge in [-0.1, -0.05) is 6.42 Å². The van der Waals surface area contributed by atoms with Gasteiger partial charge in [-0.05, 0) is 63.3 Å². The average Bonchev–Trinajstić information content (AvgIpc) is 2.78. The molecule has 2 heterocycles. The van der Waals surface area contributed by atoms with Gasteiger partial charge < -0.3 is 21.5 Å². The third-order valence-electron chi connectivity index (χ3n) is 8.21. The largest absolute Gasteiger partial charge is 0.391 e. The standard InChI is InChI=1S/C24H36F4N6O2/c25-20-22(30-10-16-8-9-34(11-18(16)35)12-19(29)36)31-13-32-23(20)33-21(14-2-1-3-14)15-4-6-17(7-5-15)24(26,27)28/h13-18,21,35H,1-12H2,(H2,29,36)(H2,30,31,32,33). The Morgan fingerprint density at radius 2 is 1.78 bits per heavy atom. The van der Waals surface area contributed by atoms with E-state index in [1.807, 2.05) is 0 Å². The van der Waals surface area contributed by atoms with Gasteiger partial charge >= 0.3 is 6.18 Å². The molecule has 1 aliphatic heterocycles. The van der Waals surface area contributed by atoms with Crippen molar-refractivity contribution < 1.29 is 27.5 Å². The van der Waals surface area contributed by atoms with Crippen LogP contribution in [0.25, 0.3) is 0 Å². The molecule has 8 nitrogen and oxygen atoms in total. The van der Waals surface area contributed by atoms with E-state index in [1.54, 1.807) is 4.90 Å². The summed E-state index contributed by atoms with van der Waals surface area (Å²) in [5.74, 6) is -2.07. The van der Waals surface area contributed by atoms with Gasteiger partial charge in [0, 0.05) is 25.0 Å². The summed E-state index contributed by atoms with van der Waals surface area (Å²) in [6.07, 6.45) is 1.19. The number of amides is 1. The van der Waals surface area contributed by atoms with Crippen molar-refractivity contribution in [3.8, 4) is 0 Å². The molecule has 1 aromatic heterocycles. The number of carbonyl (C=O) groups is 1. The fourth-order valence-electron chi connectivity index (χ4n) is 5.85. The molecular weight excluding hydrogens is 480 g/mol. The third-order valence-corrected chi connectivity index (χ3v) is 8.21. The predicted molar refractivity (Wildman–Crippen MR) is 126 cm³/mol. The van der Waals surface area contributed by atoms with E-state index in [1.165, 1.54) is 6.33 Å². The van der Waals surface area contributed by atoms with Crippen molar-refractivity contribution in [3.63, 3.8) is 0 Å². The van der Waals surface area contributed by atoms with E-state index in [2.05, 4.69) is 20.6 Å². The second kappa shape index (κ2) is 11.5. The molecule has 0 spiro atoms. The molecule has 12 heteroatoms. The molecule has 5 N–H and O–H groups in total. The molecule has 3 fully saturated rings. The number of carbonyl (C=O) groups excluding carboxylic acids is 1. The van der Waals surface area contributed by atoms with Gasteiger partial charge in [0.05, 0.1) is 18.6 Å². The molecule has 3 unspecified atom stereocenters. The molecule has 0 radical (unpaired) electrons. The summed E-state index contributed by atoms with van der Waals surface area (Å²) in [5, 5.41) is 16.7. The van der Waals surface area contributed by atoms with E-state index in [0.29, 0.717) is 44.8 Å². The number of hydrogen-bond donors (Lipinski definition) is 4. The highest BCUT2D eigenvalue weighted by Crippen LogP contribution is 2.44. The maximum absolute atomic E-state index is 15.3. The van der Waals surface area contributed by atoms with Crippen LogP contribution in [0.2, 0.25) is 0 Å². The number of aliphatic hydroxyl groups is 1. The van der Waals surface area contributed by atoms with Crippen LogP contribution in [0.15, 0.2) is 6.33 Å². The van der Waals surface area contributed by atoms with Gasteiger partial charge in [0.15, 0.2) is 11.6 Å². The first-order valence-electron chi connectivity index (χ1n) is 12.9. The topological polar surface area (TPSA) is 116 Å². The van der Waals surface area contributed by atoms with E-state index in [-0.39, 0.29) is 48.9 Å². The third kappa shape index (κ3) is 6.56. The number of β-amino-alcohol motifs (C(OH)–C–C–N with tert-alkyl or cyclic N) is 1. The van der Waals surface area contributed by atoms with E-state index in [0.717, 1.165) is 19.3 Å². The Hall–Kier alpha value is -2.21. The van der Waals surface area contributed by atoms with Gasteiger partial charge in [-0.2, -0.15) is 17.6 Å². The molecule has 0 bridgehead atoms. The highest BCUT2D eigenvalue weighted by molar-refractivity contribution is 5.75. The molecule has 202 valence electrons. The Balaban J connectivity index is 1.36. The number of halogens is 4. The van der Waals surface area contributed by atoms with Crippen LogP contribution in [-0.4, -0.2) is 70.4 Å². The van der Waals surface area contributed by atoms with Crippen molar-refractivity contribution in [1.82, 2.24) is 14.9 Å². The van der Waals surface area contributed by atoms with Crippen LogP contribution < -0.4 is 16.4 Å². The van der Waals surface area contributed by atoms with Crippen molar-refractivity contribution in [1.29, 1.82) is 0 Å². The summed E-state index contributed by atoms with van der Waals surface area (Å²) in [6, 6.07) is -0.124. The Bertz CT molecular complexity index is 892. The second-order valence-corrected chi connectivity index (χ2v) is 10.6. The van der Waals surface area contributed by atoms with Gasteiger partial charge in [0.2, 0.25) is 11.7 Å². The number of piperidine rings is 1. The SMILES string of the molecule is NC(=O)CN1CCC(CNc2ncnc(NC(C3CCC3)C3CCC(C(F)(F)F)CC3)c2F)C(O)C1. The molecule has 3 aliphatic rings. The molecular formula is C24H36F4N6O2.